The van der Waals surface area contributed by atoms with Gasteiger partial charge in [0.25, 0.3) is 10.0 Å². The molecule has 2 aromatic rings. The fraction of sp³-hybridized carbons (Fsp3) is 0.250. The second-order valence-corrected chi connectivity index (χ2v) is 8.07. The summed E-state index contributed by atoms with van der Waals surface area (Å²) in [6, 6.07) is 18.5. The van der Waals surface area contributed by atoms with Gasteiger partial charge in [-0.15, -0.1) is 16.6 Å². The Morgan fingerprint density at radius 2 is 1.59 bits per heavy atom. The van der Waals surface area contributed by atoms with E-state index in [9.17, 15) is 8.42 Å². The molecule has 2 rings (SSSR count). The van der Waals surface area contributed by atoms with Crippen molar-refractivity contribution < 1.29 is 8.42 Å². The van der Waals surface area contributed by atoms with E-state index >= 15 is 0 Å². The van der Waals surface area contributed by atoms with Crippen molar-refractivity contribution in [2.45, 2.75) is 28.4 Å². The number of nitrogens with one attached hydrogen (secondary N) is 2. The summed E-state index contributed by atoms with van der Waals surface area (Å²) >= 11 is 1.78. The molecule has 22 heavy (non-hydrogen) atoms. The molecule has 2 aromatic carbocycles. The van der Waals surface area contributed by atoms with E-state index in [2.05, 4.69) is 29.3 Å². The molecule has 0 heterocycles. The lowest BCUT2D eigenvalue weighted by Gasteiger charge is -2.12. The van der Waals surface area contributed by atoms with E-state index in [1.807, 2.05) is 18.2 Å². The molecule has 0 radical (unpaired) electrons. The molecule has 0 aliphatic carbocycles. The van der Waals surface area contributed by atoms with Gasteiger partial charge >= 0.3 is 0 Å². The van der Waals surface area contributed by atoms with Crippen LogP contribution < -0.4 is 10.3 Å². The Balaban J connectivity index is 1.73. The molecular formula is C16H20N2O2S2. The van der Waals surface area contributed by atoms with E-state index in [-0.39, 0.29) is 4.90 Å². The molecule has 0 fully saturated rings. The number of hydrogen-bond acceptors (Lipinski definition) is 4. The summed E-state index contributed by atoms with van der Waals surface area (Å²) in [5, 5.41) is 0.399. The highest BCUT2D eigenvalue weighted by atomic mass is 32.2. The molecule has 0 saturated carbocycles. The summed E-state index contributed by atoms with van der Waals surface area (Å²) in [6.45, 7) is 2.71. The van der Waals surface area contributed by atoms with Gasteiger partial charge in [-0.3, -0.25) is 0 Å². The van der Waals surface area contributed by atoms with Crippen LogP contribution in [0.4, 0.5) is 0 Å². The van der Waals surface area contributed by atoms with Crippen molar-refractivity contribution in [2.24, 2.45) is 0 Å². The minimum atomic E-state index is -3.49. The molecule has 2 N–H and O–H groups in total. The Morgan fingerprint density at radius 3 is 2.23 bits per heavy atom. The van der Waals surface area contributed by atoms with Crippen LogP contribution in [-0.2, 0) is 10.0 Å². The standard InChI is InChI=1S/C16H20N2O2S2/c1-14(21-15-8-4-2-5-9-15)12-13-17-18-22(19,20)16-10-6-3-7-11-16/h2-11,14,17-18H,12-13H2,1H3. The third-order valence-electron chi connectivity index (χ3n) is 3.02. The number of sulfonamides is 1. The first-order valence-corrected chi connectivity index (χ1v) is 9.45. The number of rotatable bonds is 8. The third-order valence-corrected chi connectivity index (χ3v) is 5.50. The maximum atomic E-state index is 12.0. The fourth-order valence-corrected chi connectivity index (χ4v) is 3.81. The minimum absolute atomic E-state index is 0.259. The molecule has 0 spiro atoms. The second-order valence-electron chi connectivity index (χ2n) is 4.88. The summed E-state index contributed by atoms with van der Waals surface area (Å²) in [5.41, 5.74) is 2.79. The van der Waals surface area contributed by atoms with Gasteiger partial charge in [0.15, 0.2) is 0 Å². The van der Waals surface area contributed by atoms with Crippen LogP contribution in [0.5, 0.6) is 0 Å². The van der Waals surface area contributed by atoms with Crippen LogP contribution in [0.25, 0.3) is 0 Å². The Kier molecular flexibility index (Phi) is 6.45. The quantitative estimate of drug-likeness (QED) is 0.442. The summed E-state index contributed by atoms with van der Waals surface area (Å²) in [7, 11) is -3.49. The van der Waals surface area contributed by atoms with Gasteiger partial charge in [-0.25, -0.2) is 13.8 Å². The molecule has 0 saturated heterocycles. The van der Waals surface area contributed by atoms with Crippen molar-refractivity contribution in [1.82, 2.24) is 10.3 Å². The maximum absolute atomic E-state index is 12.0. The van der Waals surface area contributed by atoms with Gasteiger partial charge in [0, 0.05) is 16.7 Å². The summed E-state index contributed by atoms with van der Waals surface area (Å²) in [4.78, 5) is 3.89. The van der Waals surface area contributed by atoms with Gasteiger partial charge in [-0.2, -0.15) is 0 Å². The molecule has 0 aromatic heterocycles. The molecule has 0 amide bonds. The Bertz CT molecular complexity index is 661. The molecule has 4 nitrogen and oxygen atoms in total. The van der Waals surface area contributed by atoms with Gasteiger partial charge in [-0.1, -0.05) is 43.3 Å². The van der Waals surface area contributed by atoms with E-state index in [0.717, 1.165) is 6.42 Å². The van der Waals surface area contributed by atoms with Gasteiger partial charge in [0.1, 0.15) is 0 Å². The average molecular weight is 336 g/mol. The molecule has 1 unspecified atom stereocenters. The number of hydrogen-bond donors (Lipinski definition) is 2. The van der Waals surface area contributed by atoms with E-state index < -0.39 is 10.0 Å². The molecule has 0 bridgehead atoms. The predicted octanol–water partition coefficient (Wildman–Crippen LogP) is 3.04. The molecular weight excluding hydrogens is 316 g/mol. The zero-order chi connectivity index (χ0) is 15.8. The van der Waals surface area contributed by atoms with Crippen molar-refractivity contribution in [3.63, 3.8) is 0 Å². The van der Waals surface area contributed by atoms with Crippen LogP contribution in [-0.4, -0.2) is 20.2 Å². The average Bonchev–Trinajstić information content (AvgIpc) is 2.53. The van der Waals surface area contributed by atoms with Crippen LogP contribution >= 0.6 is 11.8 Å². The highest BCUT2D eigenvalue weighted by molar-refractivity contribution is 7.99. The van der Waals surface area contributed by atoms with E-state index in [1.54, 1.807) is 42.1 Å². The number of hydrazine groups is 1. The monoisotopic (exact) mass is 336 g/mol. The first-order valence-electron chi connectivity index (χ1n) is 7.09. The van der Waals surface area contributed by atoms with Crippen molar-refractivity contribution in [3.8, 4) is 0 Å². The van der Waals surface area contributed by atoms with Crippen LogP contribution in [0.3, 0.4) is 0 Å². The molecule has 0 aliphatic heterocycles. The van der Waals surface area contributed by atoms with E-state index in [1.165, 1.54) is 4.90 Å². The van der Waals surface area contributed by atoms with Crippen molar-refractivity contribution in [3.05, 3.63) is 60.7 Å². The van der Waals surface area contributed by atoms with Crippen molar-refractivity contribution in [2.75, 3.05) is 6.54 Å². The highest BCUT2D eigenvalue weighted by Gasteiger charge is 2.12. The molecule has 0 aliphatic rings. The summed E-state index contributed by atoms with van der Waals surface area (Å²) < 4.78 is 24.0. The number of benzene rings is 2. The first kappa shape index (κ1) is 17.0. The van der Waals surface area contributed by atoms with Crippen LogP contribution in [0.1, 0.15) is 13.3 Å². The zero-order valence-electron chi connectivity index (χ0n) is 12.4. The summed E-state index contributed by atoms with van der Waals surface area (Å²) in [5.74, 6) is 0. The smallest absolute Gasteiger partial charge is 0.244 e. The van der Waals surface area contributed by atoms with Gasteiger partial charge < -0.3 is 0 Å². The normalized spacial score (nSPS) is 13.0. The lowest BCUT2D eigenvalue weighted by atomic mass is 10.3. The van der Waals surface area contributed by atoms with Gasteiger partial charge in [0.2, 0.25) is 0 Å². The predicted molar refractivity (Wildman–Crippen MR) is 91.1 cm³/mol. The molecule has 118 valence electrons. The topological polar surface area (TPSA) is 58.2 Å². The van der Waals surface area contributed by atoms with Gasteiger partial charge in [0.05, 0.1) is 4.90 Å². The lowest BCUT2D eigenvalue weighted by molar-refractivity contribution is 0.549. The van der Waals surface area contributed by atoms with Crippen LogP contribution in [0.2, 0.25) is 0 Å². The zero-order valence-corrected chi connectivity index (χ0v) is 14.0. The molecule has 1 atom stereocenters. The van der Waals surface area contributed by atoms with Crippen LogP contribution in [0.15, 0.2) is 70.5 Å². The minimum Gasteiger partial charge on any atom is -0.244 e. The Morgan fingerprint density at radius 1 is 1.00 bits per heavy atom. The van der Waals surface area contributed by atoms with Crippen molar-refractivity contribution >= 4 is 21.8 Å². The summed E-state index contributed by atoms with van der Waals surface area (Å²) in [6.07, 6.45) is 0.858. The van der Waals surface area contributed by atoms with Gasteiger partial charge in [-0.05, 0) is 30.7 Å². The van der Waals surface area contributed by atoms with Crippen molar-refractivity contribution in [1.29, 1.82) is 0 Å². The van der Waals surface area contributed by atoms with Crippen LogP contribution in [0, 0.1) is 0 Å². The fourth-order valence-electron chi connectivity index (χ4n) is 1.87. The van der Waals surface area contributed by atoms with E-state index in [4.69, 9.17) is 0 Å². The van der Waals surface area contributed by atoms with E-state index in [0.29, 0.717) is 11.8 Å². The largest absolute Gasteiger partial charge is 0.253 e. The molecule has 6 heteroatoms. The third kappa shape index (κ3) is 5.46. The highest BCUT2D eigenvalue weighted by Crippen LogP contribution is 2.24. The Labute approximate surface area is 136 Å². The second kappa shape index (κ2) is 8.33. The number of thioether (sulfide) groups is 1. The lowest BCUT2D eigenvalue weighted by Crippen LogP contribution is -2.38. The SMILES string of the molecule is CC(CCNNS(=O)(=O)c1ccccc1)Sc1ccccc1. The maximum Gasteiger partial charge on any atom is 0.253 e. The first-order chi connectivity index (χ1) is 10.6. The Hall–Kier alpha value is -1.34.